The third-order valence-electron chi connectivity index (χ3n) is 5.47. The molecule has 5 rings (SSSR count). The first-order valence-electron chi connectivity index (χ1n) is 8.64. The zero-order chi connectivity index (χ0) is 17.7. The van der Waals surface area contributed by atoms with Crippen LogP contribution in [0.15, 0.2) is 64.4 Å². The van der Waals surface area contributed by atoms with Gasteiger partial charge in [0.1, 0.15) is 0 Å². The molecule has 1 aromatic carbocycles. The van der Waals surface area contributed by atoms with E-state index >= 15 is 0 Å². The molecule has 0 radical (unpaired) electrons. The molecule has 0 N–H and O–H groups in total. The molecule has 0 amide bonds. The number of rotatable bonds is 3. The van der Waals surface area contributed by atoms with Gasteiger partial charge in [-0.05, 0) is 63.3 Å². The van der Waals surface area contributed by atoms with Crippen LogP contribution < -0.4 is 0 Å². The average molecular weight is 383 g/mol. The summed E-state index contributed by atoms with van der Waals surface area (Å²) in [6.07, 6.45) is 3.57. The summed E-state index contributed by atoms with van der Waals surface area (Å²) >= 11 is 1.66. The summed E-state index contributed by atoms with van der Waals surface area (Å²) in [7, 11) is -3.25. The Morgan fingerprint density at radius 1 is 1.08 bits per heavy atom. The van der Waals surface area contributed by atoms with Crippen molar-refractivity contribution in [3.63, 3.8) is 0 Å². The lowest BCUT2D eigenvalue weighted by molar-refractivity contribution is 0.325. The number of benzene rings is 1. The fourth-order valence-corrected chi connectivity index (χ4v) is 7.07. The minimum absolute atomic E-state index is 0.0652. The van der Waals surface area contributed by atoms with Gasteiger partial charge in [0.25, 0.3) is 0 Å². The Balaban J connectivity index is 1.49. The molecule has 2 atom stereocenters. The van der Waals surface area contributed by atoms with Crippen molar-refractivity contribution in [2.24, 2.45) is 0 Å². The standard InChI is InChI=1S/C20H18N2O2S2/c23-26(24)19-2-1-15(16-5-8-25-13-16)9-17(19)18-11-22(12-20(18)26)10-14-3-6-21-7-4-14/h1-9,13,18,20H,10-12H2. The van der Waals surface area contributed by atoms with Crippen LogP contribution in [-0.2, 0) is 16.4 Å². The van der Waals surface area contributed by atoms with E-state index in [9.17, 15) is 8.42 Å². The maximum Gasteiger partial charge on any atom is 0.183 e. The first-order chi connectivity index (χ1) is 12.6. The molecule has 132 valence electrons. The molecule has 2 unspecified atom stereocenters. The Morgan fingerprint density at radius 3 is 2.69 bits per heavy atom. The molecule has 1 fully saturated rings. The van der Waals surface area contributed by atoms with Gasteiger partial charge in [0.15, 0.2) is 9.84 Å². The molecule has 2 aliphatic heterocycles. The summed E-state index contributed by atoms with van der Waals surface area (Å²) in [5.41, 5.74) is 4.43. The minimum Gasteiger partial charge on any atom is -0.297 e. The third-order valence-corrected chi connectivity index (χ3v) is 8.41. The Labute approximate surface area is 157 Å². The van der Waals surface area contributed by atoms with Crippen molar-refractivity contribution in [3.05, 3.63) is 70.7 Å². The first kappa shape index (κ1) is 16.2. The molecule has 2 aromatic heterocycles. The number of likely N-dealkylation sites (tertiary alicyclic amines) is 1. The Morgan fingerprint density at radius 2 is 1.92 bits per heavy atom. The van der Waals surface area contributed by atoms with E-state index in [-0.39, 0.29) is 11.2 Å². The van der Waals surface area contributed by atoms with Crippen molar-refractivity contribution < 1.29 is 8.42 Å². The molecular formula is C20H18N2O2S2. The average Bonchev–Trinajstić information content (AvgIpc) is 3.35. The molecule has 26 heavy (non-hydrogen) atoms. The largest absolute Gasteiger partial charge is 0.297 e. The molecule has 0 bridgehead atoms. The summed E-state index contributed by atoms with van der Waals surface area (Å²) in [5.74, 6) is 0.0652. The highest BCUT2D eigenvalue weighted by molar-refractivity contribution is 7.92. The van der Waals surface area contributed by atoms with Gasteiger partial charge in [-0.2, -0.15) is 11.3 Å². The SMILES string of the molecule is O=S1(=O)c2ccc(-c3ccsc3)cc2C2CN(Cc3ccncc3)CC21. The quantitative estimate of drug-likeness (QED) is 0.695. The van der Waals surface area contributed by atoms with E-state index in [2.05, 4.69) is 27.4 Å². The van der Waals surface area contributed by atoms with Crippen LogP contribution in [0.2, 0.25) is 0 Å². The van der Waals surface area contributed by atoms with Crippen molar-refractivity contribution in [1.29, 1.82) is 0 Å². The Kier molecular flexibility index (Phi) is 3.74. The number of pyridine rings is 1. The van der Waals surface area contributed by atoms with Crippen molar-refractivity contribution in [2.75, 3.05) is 13.1 Å². The highest BCUT2D eigenvalue weighted by Crippen LogP contribution is 2.46. The van der Waals surface area contributed by atoms with Gasteiger partial charge < -0.3 is 0 Å². The van der Waals surface area contributed by atoms with Crippen LogP contribution in [0.5, 0.6) is 0 Å². The van der Waals surface area contributed by atoms with Gasteiger partial charge in [-0.15, -0.1) is 0 Å². The highest BCUT2D eigenvalue weighted by atomic mass is 32.2. The van der Waals surface area contributed by atoms with E-state index < -0.39 is 9.84 Å². The van der Waals surface area contributed by atoms with Gasteiger partial charge in [0.05, 0.1) is 10.1 Å². The molecule has 2 aliphatic rings. The van der Waals surface area contributed by atoms with Gasteiger partial charge in [0.2, 0.25) is 0 Å². The van der Waals surface area contributed by atoms with E-state index in [1.165, 1.54) is 5.56 Å². The van der Waals surface area contributed by atoms with E-state index in [0.717, 1.165) is 29.8 Å². The van der Waals surface area contributed by atoms with Gasteiger partial charge in [-0.3, -0.25) is 9.88 Å². The number of sulfone groups is 1. The number of fused-ring (bicyclic) bond motifs is 3. The lowest BCUT2D eigenvalue weighted by Gasteiger charge is -2.17. The highest BCUT2D eigenvalue weighted by Gasteiger charge is 2.50. The molecule has 0 saturated carbocycles. The number of hydrogen-bond donors (Lipinski definition) is 0. The number of hydrogen-bond acceptors (Lipinski definition) is 5. The molecule has 0 aliphatic carbocycles. The minimum atomic E-state index is -3.25. The second-order valence-corrected chi connectivity index (χ2v) is 9.92. The van der Waals surface area contributed by atoms with Crippen molar-refractivity contribution in [3.8, 4) is 11.1 Å². The monoisotopic (exact) mass is 382 g/mol. The lowest BCUT2D eigenvalue weighted by atomic mass is 9.95. The maximum absolute atomic E-state index is 13.0. The van der Waals surface area contributed by atoms with Gasteiger partial charge in [-0.25, -0.2) is 8.42 Å². The number of thiophene rings is 1. The molecule has 3 aromatic rings. The predicted molar refractivity (Wildman–Crippen MR) is 103 cm³/mol. The van der Waals surface area contributed by atoms with Crippen LogP contribution in [0.4, 0.5) is 0 Å². The molecule has 6 heteroatoms. The van der Waals surface area contributed by atoms with Crippen LogP contribution in [0, 0.1) is 0 Å². The fourth-order valence-electron chi connectivity index (χ4n) is 4.21. The van der Waals surface area contributed by atoms with Gasteiger partial charge >= 0.3 is 0 Å². The van der Waals surface area contributed by atoms with Crippen LogP contribution in [0.3, 0.4) is 0 Å². The van der Waals surface area contributed by atoms with E-state index in [1.807, 2.05) is 29.6 Å². The van der Waals surface area contributed by atoms with Crippen LogP contribution in [0.25, 0.3) is 11.1 Å². The predicted octanol–water partition coefficient (Wildman–Crippen LogP) is 3.57. The van der Waals surface area contributed by atoms with E-state index in [0.29, 0.717) is 11.4 Å². The second-order valence-electron chi connectivity index (χ2n) is 7.00. The summed E-state index contributed by atoms with van der Waals surface area (Å²) < 4.78 is 26.1. The second kappa shape index (κ2) is 6.01. The third kappa shape index (κ3) is 2.52. The molecule has 0 spiro atoms. The topological polar surface area (TPSA) is 50.3 Å². The summed E-state index contributed by atoms with van der Waals surface area (Å²) in [4.78, 5) is 6.84. The lowest BCUT2D eigenvalue weighted by Crippen LogP contribution is -2.25. The Hall–Kier alpha value is -2.02. The molecule has 4 heterocycles. The zero-order valence-corrected chi connectivity index (χ0v) is 15.7. The van der Waals surface area contributed by atoms with Crippen molar-refractivity contribution in [2.45, 2.75) is 22.6 Å². The first-order valence-corrected chi connectivity index (χ1v) is 11.1. The van der Waals surface area contributed by atoms with Crippen molar-refractivity contribution >= 4 is 21.2 Å². The van der Waals surface area contributed by atoms with Crippen LogP contribution >= 0.6 is 11.3 Å². The number of aromatic nitrogens is 1. The van der Waals surface area contributed by atoms with Gasteiger partial charge in [0, 0.05) is 37.9 Å². The molecule has 1 saturated heterocycles. The van der Waals surface area contributed by atoms with E-state index in [4.69, 9.17) is 0 Å². The smallest absolute Gasteiger partial charge is 0.183 e. The fraction of sp³-hybridized carbons (Fsp3) is 0.250. The maximum atomic E-state index is 13.0. The van der Waals surface area contributed by atoms with Crippen molar-refractivity contribution in [1.82, 2.24) is 9.88 Å². The molecular weight excluding hydrogens is 364 g/mol. The molecule has 4 nitrogen and oxygen atoms in total. The van der Waals surface area contributed by atoms with Crippen LogP contribution in [-0.4, -0.2) is 36.6 Å². The summed E-state index contributed by atoms with van der Waals surface area (Å²) in [6, 6.07) is 11.9. The normalized spacial score (nSPS) is 23.7. The summed E-state index contributed by atoms with van der Waals surface area (Å²) in [6.45, 7) is 2.15. The zero-order valence-electron chi connectivity index (χ0n) is 14.1. The van der Waals surface area contributed by atoms with Crippen LogP contribution in [0.1, 0.15) is 17.0 Å². The number of nitrogens with zero attached hydrogens (tertiary/aromatic N) is 2. The Bertz CT molecular complexity index is 1050. The van der Waals surface area contributed by atoms with Gasteiger partial charge in [-0.1, -0.05) is 6.07 Å². The summed E-state index contributed by atoms with van der Waals surface area (Å²) in [5, 5.41) is 3.83. The van der Waals surface area contributed by atoms with E-state index in [1.54, 1.807) is 23.7 Å².